The van der Waals surface area contributed by atoms with Gasteiger partial charge in [0, 0.05) is 25.6 Å². The average molecular weight is 428 g/mol. The van der Waals surface area contributed by atoms with Crippen LogP contribution in [0.2, 0.25) is 0 Å². The molecule has 1 atom stereocenters. The minimum atomic E-state index is -0.498. The number of nitrogens with zero attached hydrogens (tertiary/aromatic N) is 3. The average Bonchev–Trinajstić information content (AvgIpc) is 3.42. The lowest BCUT2D eigenvalue weighted by Crippen LogP contribution is -2.35. The smallest absolute Gasteiger partial charge is 0.161 e. The number of aliphatic hydroxyl groups excluding tert-OH is 1. The molecule has 1 unspecified atom stereocenters. The second kappa shape index (κ2) is 10.2. The standard InChI is InChI=1S/C25H37N3O3/c1-30-24-14-21(16-27-11-6-20(15-26)7-12-27)4-5-23(24)31-18-22(29)17-28-13-10-25(19-28)8-2-3-9-25/h4-5,14,20,22,29H,2-3,6-13,16-19H2,1H3. The Labute approximate surface area is 186 Å². The number of piperidine rings is 1. The molecule has 0 radical (unpaired) electrons. The van der Waals surface area contributed by atoms with Gasteiger partial charge >= 0.3 is 0 Å². The highest BCUT2D eigenvalue weighted by Gasteiger charge is 2.40. The molecule has 0 aromatic heterocycles. The molecule has 1 spiro atoms. The van der Waals surface area contributed by atoms with Crippen LogP contribution >= 0.6 is 0 Å². The summed E-state index contributed by atoms with van der Waals surface area (Å²) in [7, 11) is 1.66. The summed E-state index contributed by atoms with van der Waals surface area (Å²) >= 11 is 0. The number of ether oxygens (including phenoxy) is 2. The highest BCUT2D eigenvalue weighted by molar-refractivity contribution is 5.43. The number of rotatable bonds is 8. The van der Waals surface area contributed by atoms with Crippen molar-refractivity contribution in [2.45, 2.75) is 57.6 Å². The highest BCUT2D eigenvalue weighted by Crippen LogP contribution is 2.45. The number of hydrogen-bond acceptors (Lipinski definition) is 6. The maximum absolute atomic E-state index is 10.5. The Bertz CT molecular complexity index is 764. The van der Waals surface area contributed by atoms with Gasteiger partial charge in [-0.1, -0.05) is 18.9 Å². The van der Waals surface area contributed by atoms with Crippen molar-refractivity contribution < 1.29 is 14.6 Å². The fourth-order valence-electron chi connectivity index (χ4n) is 5.66. The van der Waals surface area contributed by atoms with Crippen molar-refractivity contribution in [1.82, 2.24) is 9.80 Å². The van der Waals surface area contributed by atoms with E-state index < -0.39 is 6.10 Å². The van der Waals surface area contributed by atoms with Gasteiger partial charge in [-0.2, -0.15) is 5.26 Å². The molecule has 1 saturated carbocycles. The van der Waals surface area contributed by atoms with Crippen molar-refractivity contribution in [2.24, 2.45) is 11.3 Å². The van der Waals surface area contributed by atoms with Crippen LogP contribution in [0.1, 0.15) is 50.5 Å². The Morgan fingerprint density at radius 2 is 1.90 bits per heavy atom. The van der Waals surface area contributed by atoms with E-state index in [1.807, 2.05) is 12.1 Å². The van der Waals surface area contributed by atoms with Crippen LogP contribution in [0.25, 0.3) is 0 Å². The topological polar surface area (TPSA) is 69.0 Å². The van der Waals surface area contributed by atoms with E-state index in [1.165, 1.54) is 37.7 Å². The summed E-state index contributed by atoms with van der Waals surface area (Å²) < 4.78 is 11.5. The van der Waals surface area contributed by atoms with Crippen molar-refractivity contribution in [3.8, 4) is 17.6 Å². The van der Waals surface area contributed by atoms with E-state index in [4.69, 9.17) is 14.7 Å². The molecule has 3 aliphatic rings. The molecule has 1 aromatic rings. The predicted octanol–water partition coefficient (Wildman–Crippen LogP) is 3.44. The molecule has 4 rings (SSSR count). The molecule has 1 N–H and O–H groups in total. The Morgan fingerprint density at radius 1 is 1.13 bits per heavy atom. The van der Waals surface area contributed by atoms with E-state index >= 15 is 0 Å². The van der Waals surface area contributed by atoms with E-state index in [-0.39, 0.29) is 12.5 Å². The first kappa shape index (κ1) is 22.4. The first-order chi connectivity index (χ1) is 15.1. The van der Waals surface area contributed by atoms with Crippen LogP contribution in [0.4, 0.5) is 0 Å². The Morgan fingerprint density at radius 3 is 2.61 bits per heavy atom. The van der Waals surface area contributed by atoms with Crippen LogP contribution in [-0.2, 0) is 6.54 Å². The summed E-state index contributed by atoms with van der Waals surface area (Å²) in [5.74, 6) is 1.60. The van der Waals surface area contributed by atoms with Crippen LogP contribution in [0, 0.1) is 22.7 Å². The van der Waals surface area contributed by atoms with Crippen LogP contribution in [0.3, 0.4) is 0 Å². The van der Waals surface area contributed by atoms with Crippen molar-refractivity contribution in [2.75, 3.05) is 46.4 Å². The lowest BCUT2D eigenvalue weighted by Gasteiger charge is -2.29. The lowest BCUT2D eigenvalue weighted by atomic mass is 9.86. The lowest BCUT2D eigenvalue weighted by molar-refractivity contribution is 0.0709. The summed E-state index contributed by atoms with van der Waals surface area (Å²) in [5, 5.41) is 19.6. The minimum Gasteiger partial charge on any atom is -0.493 e. The molecule has 2 aliphatic heterocycles. The van der Waals surface area contributed by atoms with Crippen LogP contribution in [-0.4, -0.2) is 67.5 Å². The summed E-state index contributed by atoms with van der Waals surface area (Å²) in [4.78, 5) is 4.80. The zero-order chi connectivity index (χ0) is 21.7. The van der Waals surface area contributed by atoms with Gasteiger partial charge in [-0.25, -0.2) is 0 Å². The Hall–Kier alpha value is -1.81. The molecule has 6 nitrogen and oxygen atoms in total. The molecule has 3 fully saturated rings. The fraction of sp³-hybridized carbons (Fsp3) is 0.720. The van der Waals surface area contributed by atoms with Gasteiger partial charge < -0.3 is 19.5 Å². The maximum atomic E-state index is 10.5. The molecule has 31 heavy (non-hydrogen) atoms. The quantitative estimate of drug-likeness (QED) is 0.685. The van der Waals surface area contributed by atoms with Crippen LogP contribution < -0.4 is 9.47 Å². The largest absolute Gasteiger partial charge is 0.493 e. The summed E-state index contributed by atoms with van der Waals surface area (Å²) in [6, 6.07) is 8.44. The normalized spacial score (nSPS) is 23.1. The number of aliphatic hydroxyl groups is 1. The first-order valence-electron chi connectivity index (χ1n) is 11.9. The number of likely N-dealkylation sites (tertiary alicyclic amines) is 2. The molecular formula is C25H37N3O3. The monoisotopic (exact) mass is 427 g/mol. The Balaban J connectivity index is 1.25. The molecule has 6 heteroatoms. The van der Waals surface area contributed by atoms with Crippen molar-refractivity contribution in [3.05, 3.63) is 23.8 Å². The second-order valence-corrected chi connectivity index (χ2v) is 9.82. The summed E-state index contributed by atoms with van der Waals surface area (Å²) in [6.07, 6.45) is 8.13. The summed E-state index contributed by atoms with van der Waals surface area (Å²) in [6.45, 7) is 5.97. The highest BCUT2D eigenvalue weighted by atomic mass is 16.5. The van der Waals surface area contributed by atoms with Gasteiger partial charge in [0.15, 0.2) is 11.5 Å². The summed E-state index contributed by atoms with van der Waals surface area (Å²) in [5.41, 5.74) is 1.71. The fourth-order valence-corrected chi connectivity index (χ4v) is 5.66. The van der Waals surface area contributed by atoms with Crippen LogP contribution in [0.5, 0.6) is 11.5 Å². The molecule has 170 valence electrons. The molecule has 2 heterocycles. The van der Waals surface area contributed by atoms with E-state index in [0.717, 1.165) is 45.6 Å². The third-order valence-corrected chi connectivity index (χ3v) is 7.49. The van der Waals surface area contributed by atoms with Gasteiger partial charge in [0.25, 0.3) is 0 Å². The van der Waals surface area contributed by atoms with Gasteiger partial charge in [0.1, 0.15) is 12.7 Å². The van der Waals surface area contributed by atoms with Gasteiger partial charge in [0.05, 0.1) is 13.2 Å². The third kappa shape index (κ3) is 5.71. The minimum absolute atomic E-state index is 0.206. The van der Waals surface area contributed by atoms with Crippen molar-refractivity contribution >= 4 is 0 Å². The van der Waals surface area contributed by atoms with Crippen molar-refractivity contribution in [1.29, 1.82) is 5.26 Å². The molecule has 1 aliphatic carbocycles. The third-order valence-electron chi connectivity index (χ3n) is 7.49. The van der Waals surface area contributed by atoms with E-state index in [9.17, 15) is 5.11 Å². The zero-order valence-corrected chi connectivity index (χ0v) is 18.9. The van der Waals surface area contributed by atoms with Crippen molar-refractivity contribution in [3.63, 3.8) is 0 Å². The van der Waals surface area contributed by atoms with E-state index in [2.05, 4.69) is 21.9 Å². The molecule has 0 amide bonds. The van der Waals surface area contributed by atoms with Gasteiger partial charge in [0.2, 0.25) is 0 Å². The number of nitriles is 1. The number of β-amino-alcohol motifs (C(OH)–C–C–N with tert-alkyl or cyclic N) is 1. The zero-order valence-electron chi connectivity index (χ0n) is 18.9. The molecular weight excluding hydrogens is 390 g/mol. The van der Waals surface area contributed by atoms with E-state index in [1.54, 1.807) is 7.11 Å². The SMILES string of the molecule is COc1cc(CN2CCC(C#N)CC2)ccc1OCC(O)CN1CCC2(CCCC2)C1. The molecule has 2 saturated heterocycles. The number of benzene rings is 1. The maximum Gasteiger partial charge on any atom is 0.161 e. The van der Waals surface area contributed by atoms with E-state index in [0.29, 0.717) is 23.5 Å². The molecule has 0 bridgehead atoms. The number of hydrogen-bond donors (Lipinski definition) is 1. The molecule has 1 aromatic carbocycles. The first-order valence-corrected chi connectivity index (χ1v) is 11.9. The number of methoxy groups -OCH3 is 1. The predicted molar refractivity (Wildman–Crippen MR) is 120 cm³/mol. The van der Waals surface area contributed by atoms with Crippen LogP contribution in [0.15, 0.2) is 18.2 Å². The van der Waals surface area contributed by atoms with Gasteiger partial charge in [-0.05, 0) is 74.8 Å². The second-order valence-electron chi connectivity index (χ2n) is 9.82. The van der Waals surface area contributed by atoms with Gasteiger partial charge in [-0.3, -0.25) is 4.90 Å². The Kier molecular flexibility index (Phi) is 7.37. The van der Waals surface area contributed by atoms with Gasteiger partial charge in [-0.15, -0.1) is 0 Å².